The first-order valence-corrected chi connectivity index (χ1v) is 11.2. The van der Waals surface area contributed by atoms with E-state index in [-0.39, 0.29) is 24.0 Å². The molecule has 0 amide bonds. The Balaban J connectivity index is 2.42. The van der Waals surface area contributed by atoms with Crippen LogP contribution in [0.5, 0.6) is 0 Å². The van der Waals surface area contributed by atoms with Crippen LogP contribution in [0.15, 0.2) is 60.7 Å². The molecule has 38 heavy (non-hydrogen) atoms. The van der Waals surface area contributed by atoms with Crippen molar-refractivity contribution in [3.8, 4) is 22.3 Å². The van der Waals surface area contributed by atoms with Crippen LogP contribution >= 0.6 is 0 Å². The zero-order valence-corrected chi connectivity index (χ0v) is 19.9. The van der Waals surface area contributed by atoms with Gasteiger partial charge in [0, 0.05) is 0 Å². The Labute approximate surface area is 211 Å². The zero-order valence-electron chi connectivity index (χ0n) is 19.9. The van der Waals surface area contributed by atoms with Crippen LogP contribution in [-0.2, 0) is 23.3 Å². The summed E-state index contributed by atoms with van der Waals surface area (Å²) in [6, 6.07) is 8.17. The van der Waals surface area contributed by atoms with Crippen molar-refractivity contribution in [3.63, 3.8) is 0 Å². The highest BCUT2D eigenvalue weighted by Crippen LogP contribution is 2.46. The number of carboxylic acid groups (broad SMARTS) is 1. The predicted molar refractivity (Wildman–Crippen MR) is 122 cm³/mol. The second-order valence-corrected chi connectivity index (χ2v) is 9.12. The Morgan fingerprint density at radius 2 is 1.24 bits per heavy atom. The average Bonchev–Trinajstić information content (AvgIpc) is 2.80. The second-order valence-electron chi connectivity index (χ2n) is 9.12. The van der Waals surface area contributed by atoms with Gasteiger partial charge in [-0.25, -0.2) is 0 Å². The van der Waals surface area contributed by atoms with Gasteiger partial charge in [0.25, 0.3) is 0 Å². The number of hydrogen-bond acceptors (Lipinski definition) is 1. The minimum atomic E-state index is -5.28. The van der Waals surface area contributed by atoms with E-state index in [4.69, 9.17) is 0 Å². The van der Waals surface area contributed by atoms with Gasteiger partial charge in [-0.15, -0.1) is 0 Å². The van der Waals surface area contributed by atoms with Crippen LogP contribution in [0.4, 0.5) is 39.5 Å². The number of carbonyl (C=O) groups is 1. The molecule has 3 aromatic carbocycles. The van der Waals surface area contributed by atoms with Gasteiger partial charge in [-0.2, -0.15) is 39.5 Å². The highest BCUT2D eigenvalue weighted by Gasteiger charge is 2.40. The standard InChI is InChI=1S/C27H21F9O2/c1-14(2)11-20(24(37)38)15-7-9-17(21(12-15)18-5-3-4-6-22(18)26(31,32)33)19-10-8-16(25(28,29)30)13-23(19)27(34,35)36/h3-10,12-14,20H,11H2,1-2H3,(H,37,38). The van der Waals surface area contributed by atoms with Crippen LogP contribution < -0.4 is 0 Å². The van der Waals surface area contributed by atoms with Gasteiger partial charge in [0.2, 0.25) is 0 Å². The number of halogens is 9. The van der Waals surface area contributed by atoms with E-state index in [1.807, 2.05) is 0 Å². The van der Waals surface area contributed by atoms with Gasteiger partial charge in [0.15, 0.2) is 0 Å². The molecule has 11 heteroatoms. The lowest BCUT2D eigenvalue weighted by Gasteiger charge is -2.22. The number of aliphatic carboxylic acids is 1. The fraction of sp³-hybridized carbons (Fsp3) is 0.296. The van der Waals surface area contributed by atoms with E-state index in [1.165, 1.54) is 12.1 Å². The molecule has 1 unspecified atom stereocenters. The van der Waals surface area contributed by atoms with E-state index < -0.39 is 69.4 Å². The summed E-state index contributed by atoms with van der Waals surface area (Å²) in [5.74, 6) is -2.61. The van der Waals surface area contributed by atoms with Crippen molar-refractivity contribution in [2.75, 3.05) is 0 Å². The SMILES string of the molecule is CC(C)CC(C(=O)O)c1ccc(-c2ccc(C(F)(F)F)cc2C(F)(F)F)c(-c2ccccc2C(F)(F)F)c1. The fourth-order valence-electron chi connectivity index (χ4n) is 4.24. The topological polar surface area (TPSA) is 37.3 Å². The van der Waals surface area contributed by atoms with Crippen molar-refractivity contribution in [3.05, 3.63) is 82.9 Å². The lowest BCUT2D eigenvalue weighted by molar-refractivity contribution is -0.143. The first kappa shape index (κ1) is 29.1. The number of alkyl halides is 9. The lowest BCUT2D eigenvalue weighted by atomic mass is 9.83. The molecule has 0 bridgehead atoms. The van der Waals surface area contributed by atoms with Gasteiger partial charge in [0.05, 0.1) is 22.6 Å². The van der Waals surface area contributed by atoms with E-state index in [0.717, 1.165) is 24.3 Å². The van der Waals surface area contributed by atoms with E-state index in [2.05, 4.69) is 0 Å². The van der Waals surface area contributed by atoms with Crippen LogP contribution in [0, 0.1) is 5.92 Å². The maximum Gasteiger partial charge on any atom is 0.417 e. The van der Waals surface area contributed by atoms with E-state index in [1.54, 1.807) is 13.8 Å². The van der Waals surface area contributed by atoms with E-state index in [9.17, 15) is 49.4 Å². The minimum absolute atomic E-state index is 0.0439. The van der Waals surface area contributed by atoms with Crippen LogP contribution in [0.1, 0.15) is 48.4 Å². The van der Waals surface area contributed by atoms with Crippen molar-refractivity contribution in [1.29, 1.82) is 0 Å². The lowest BCUT2D eigenvalue weighted by Crippen LogP contribution is -2.15. The third-order valence-electron chi connectivity index (χ3n) is 5.92. The van der Waals surface area contributed by atoms with Gasteiger partial charge >= 0.3 is 24.5 Å². The summed E-state index contributed by atoms with van der Waals surface area (Å²) in [6.07, 6.45) is -15.2. The van der Waals surface area contributed by atoms with Gasteiger partial charge in [-0.3, -0.25) is 4.79 Å². The van der Waals surface area contributed by atoms with Crippen molar-refractivity contribution in [2.45, 2.75) is 44.7 Å². The quantitative estimate of drug-likeness (QED) is 0.312. The molecule has 2 nitrogen and oxygen atoms in total. The highest BCUT2D eigenvalue weighted by molar-refractivity contribution is 5.88. The number of hydrogen-bond donors (Lipinski definition) is 1. The number of benzene rings is 3. The van der Waals surface area contributed by atoms with Crippen molar-refractivity contribution in [1.82, 2.24) is 0 Å². The normalized spacial score (nSPS) is 13.6. The van der Waals surface area contributed by atoms with Crippen LogP contribution in [-0.4, -0.2) is 11.1 Å². The molecule has 1 N–H and O–H groups in total. The summed E-state index contributed by atoms with van der Waals surface area (Å²) in [4.78, 5) is 11.9. The van der Waals surface area contributed by atoms with Crippen LogP contribution in [0.3, 0.4) is 0 Å². The molecule has 3 aromatic rings. The Hall–Kier alpha value is -3.50. The molecular formula is C27H21F9O2. The van der Waals surface area contributed by atoms with E-state index in [0.29, 0.717) is 18.2 Å². The molecule has 1 atom stereocenters. The predicted octanol–water partition coefficient (Wildman–Crippen LogP) is 9.29. The van der Waals surface area contributed by atoms with Gasteiger partial charge in [0.1, 0.15) is 0 Å². The van der Waals surface area contributed by atoms with Gasteiger partial charge in [-0.05, 0) is 64.4 Å². The molecule has 0 aliphatic rings. The molecule has 0 radical (unpaired) electrons. The van der Waals surface area contributed by atoms with E-state index >= 15 is 0 Å². The smallest absolute Gasteiger partial charge is 0.417 e. The molecule has 0 aromatic heterocycles. The van der Waals surface area contributed by atoms with Crippen LogP contribution in [0.25, 0.3) is 22.3 Å². The first-order valence-electron chi connectivity index (χ1n) is 11.2. The maximum atomic E-state index is 13.9. The summed E-state index contributed by atoms with van der Waals surface area (Å²) < 4.78 is 123. The molecule has 0 spiro atoms. The van der Waals surface area contributed by atoms with Gasteiger partial charge < -0.3 is 5.11 Å². The summed E-state index contributed by atoms with van der Waals surface area (Å²) in [5, 5.41) is 9.73. The summed E-state index contributed by atoms with van der Waals surface area (Å²) >= 11 is 0. The monoisotopic (exact) mass is 548 g/mol. The average molecular weight is 548 g/mol. The Kier molecular flexibility index (Phi) is 7.91. The Morgan fingerprint density at radius 3 is 1.76 bits per heavy atom. The minimum Gasteiger partial charge on any atom is -0.481 e. The number of carboxylic acids is 1. The molecule has 3 rings (SSSR count). The molecule has 0 aliphatic carbocycles. The van der Waals surface area contributed by atoms with Crippen molar-refractivity contribution < 1.29 is 49.4 Å². The summed E-state index contributed by atoms with van der Waals surface area (Å²) in [7, 11) is 0. The molecule has 0 fully saturated rings. The number of rotatable bonds is 6. The molecule has 204 valence electrons. The highest BCUT2D eigenvalue weighted by atomic mass is 19.4. The Bertz CT molecular complexity index is 1320. The molecular weight excluding hydrogens is 527 g/mol. The summed E-state index contributed by atoms with van der Waals surface area (Å²) in [5.41, 5.74) is -6.57. The maximum absolute atomic E-state index is 13.9. The third kappa shape index (κ3) is 6.31. The third-order valence-corrected chi connectivity index (χ3v) is 5.92. The van der Waals surface area contributed by atoms with Crippen molar-refractivity contribution in [2.24, 2.45) is 5.92 Å². The first-order chi connectivity index (χ1) is 17.4. The molecule has 0 aliphatic heterocycles. The fourth-order valence-corrected chi connectivity index (χ4v) is 4.24. The molecule has 0 heterocycles. The van der Waals surface area contributed by atoms with Gasteiger partial charge in [-0.1, -0.05) is 50.2 Å². The second kappa shape index (κ2) is 10.3. The largest absolute Gasteiger partial charge is 0.481 e. The zero-order chi connectivity index (χ0) is 28.6. The molecule has 0 saturated carbocycles. The van der Waals surface area contributed by atoms with Crippen LogP contribution in [0.2, 0.25) is 0 Å². The Morgan fingerprint density at radius 1 is 0.684 bits per heavy atom. The molecule has 0 saturated heterocycles. The van der Waals surface area contributed by atoms with Crippen molar-refractivity contribution >= 4 is 5.97 Å². The summed E-state index contributed by atoms with van der Waals surface area (Å²) in [6.45, 7) is 3.45.